The Kier molecular flexibility index (Phi) is 8.58. The topological polar surface area (TPSA) is 75.9 Å². The van der Waals surface area contributed by atoms with E-state index in [2.05, 4.69) is 0 Å². The molecule has 0 aromatic heterocycles. The summed E-state index contributed by atoms with van der Waals surface area (Å²) in [5.74, 6) is -1.16. The van der Waals surface area contributed by atoms with Gasteiger partial charge in [0.15, 0.2) is 0 Å². The van der Waals surface area contributed by atoms with Crippen LogP contribution in [0.2, 0.25) is 5.02 Å². The molecule has 2 N–H and O–H groups in total. The van der Waals surface area contributed by atoms with Crippen LogP contribution >= 0.6 is 24.0 Å². The van der Waals surface area contributed by atoms with Crippen LogP contribution in [0.15, 0.2) is 18.2 Å². The van der Waals surface area contributed by atoms with Gasteiger partial charge in [0.2, 0.25) is 5.91 Å². The first kappa shape index (κ1) is 21.6. The molecule has 1 heterocycles. The molecule has 1 aliphatic rings. The largest absolute Gasteiger partial charge is 0.380 e. The zero-order valence-corrected chi connectivity index (χ0v) is 15.5. The Morgan fingerprint density at radius 1 is 1.28 bits per heavy atom. The van der Waals surface area contributed by atoms with Crippen LogP contribution in [0.3, 0.4) is 0 Å². The fourth-order valence-corrected chi connectivity index (χ4v) is 2.85. The molecule has 6 nitrogen and oxygen atoms in total. The number of piperazine rings is 1. The molecule has 1 fully saturated rings. The number of amides is 2. The molecular weight excluding hydrogens is 372 g/mol. The Hall–Kier alpha value is -1.41. The Bertz CT molecular complexity index is 586. The first-order chi connectivity index (χ1) is 11.5. The number of hydrogen-bond donors (Lipinski definition) is 1. The molecule has 1 aliphatic heterocycles. The van der Waals surface area contributed by atoms with Gasteiger partial charge in [0.1, 0.15) is 5.82 Å². The van der Waals surface area contributed by atoms with E-state index in [1.165, 1.54) is 30.2 Å². The van der Waals surface area contributed by atoms with Gasteiger partial charge in [-0.1, -0.05) is 17.7 Å². The van der Waals surface area contributed by atoms with Crippen LogP contribution in [0, 0.1) is 5.82 Å². The summed E-state index contributed by atoms with van der Waals surface area (Å²) in [5, 5.41) is 0.0874. The molecule has 1 aromatic rings. The molecule has 9 heteroatoms. The number of nitrogens with two attached hydrogens (primary N) is 1. The Labute approximate surface area is 157 Å². The summed E-state index contributed by atoms with van der Waals surface area (Å²) in [4.78, 5) is 27.8. The molecule has 0 bridgehead atoms. The van der Waals surface area contributed by atoms with Gasteiger partial charge < -0.3 is 20.3 Å². The molecule has 0 spiro atoms. The van der Waals surface area contributed by atoms with Crippen LogP contribution in [-0.4, -0.2) is 67.6 Å². The number of nitrogens with zero attached hydrogens (tertiary/aromatic N) is 2. The fraction of sp³-hybridized carbons (Fsp3) is 0.500. The lowest BCUT2D eigenvalue weighted by Crippen LogP contribution is -2.51. The number of ether oxygens (including phenoxy) is 1. The molecule has 0 aliphatic carbocycles. The lowest BCUT2D eigenvalue weighted by atomic mass is 10.1. The third kappa shape index (κ3) is 5.28. The third-order valence-electron chi connectivity index (χ3n) is 4.09. The van der Waals surface area contributed by atoms with Crippen LogP contribution in [0.5, 0.6) is 0 Å². The standard InChI is InChI=1S/C16H21ClFN3O3.ClH/c1-24-11(10-19)9-14(22)20-5-7-21(8-6-20)16(23)15-12(17)3-2-4-13(15)18;/h2-4,11H,5-10,19H2,1H3;1H. The van der Waals surface area contributed by atoms with E-state index in [0.29, 0.717) is 26.2 Å². The van der Waals surface area contributed by atoms with Crippen molar-refractivity contribution in [2.24, 2.45) is 5.73 Å². The molecular formula is C16H22Cl2FN3O3. The minimum Gasteiger partial charge on any atom is -0.380 e. The molecule has 1 unspecified atom stereocenters. The number of carbonyl (C=O) groups is 2. The van der Waals surface area contributed by atoms with Crippen molar-refractivity contribution in [3.8, 4) is 0 Å². The highest BCUT2D eigenvalue weighted by Crippen LogP contribution is 2.21. The zero-order chi connectivity index (χ0) is 17.7. The third-order valence-corrected chi connectivity index (χ3v) is 4.41. The van der Waals surface area contributed by atoms with Gasteiger partial charge in [-0.15, -0.1) is 12.4 Å². The number of methoxy groups -OCH3 is 1. The van der Waals surface area contributed by atoms with E-state index in [0.717, 1.165) is 0 Å². The summed E-state index contributed by atoms with van der Waals surface area (Å²) < 4.78 is 19.0. The summed E-state index contributed by atoms with van der Waals surface area (Å²) in [7, 11) is 1.51. The predicted molar refractivity (Wildman–Crippen MR) is 95.6 cm³/mol. The van der Waals surface area contributed by atoms with Gasteiger partial charge in [-0.05, 0) is 12.1 Å². The minimum absolute atomic E-state index is 0. The second-order valence-electron chi connectivity index (χ2n) is 5.57. The molecule has 1 aromatic carbocycles. The average molecular weight is 394 g/mol. The maximum absolute atomic E-state index is 13.9. The molecule has 0 saturated carbocycles. The van der Waals surface area contributed by atoms with E-state index < -0.39 is 11.7 Å². The quantitative estimate of drug-likeness (QED) is 0.823. The highest BCUT2D eigenvalue weighted by atomic mass is 35.5. The molecule has 0 radical (unpaired) electrons. The molecule has 1 atom stereocenters. The van der Waals surface area contributed by atoms with Crippen molar-refractivity contribution in [3.05, 3.63) is 34.6 Å². The Morgan fingerprint density at radius 2 is 1.88 bits per heavy atom. The summed E-state index contributed by atoms with van der Waals surface area (Å²) in [6.45, 7) is 1.70. The van der Waals surface area contributed by atoms with Gasteiger partial charge in [-0.25, -0.2) is 4.39 Å². The van der Waals surface area contributed by atoms with E-state index >= 15 is 0 Å². The van der Waals surface area contributed by atoms with E-state index in [1.54, 1.807) is 4.90 Å². The maximum Gasteiger partial charge on any atom is 0.258 e. The molecule has 2 rings (SSSR count). The molecule has 140 valence electrons. The van der Waals surface area contributed by atoms with Crippen molar-refractivity contribution >= 4 is 35.8 Å². The summed E-state index contributed by atoms with van der Waals surface area (Å²) in [6.07, 6.45) is -0.102. The van der Waals surface area contributed by atoms with Crippen LogP contribution < -0.4 is 5.73 Å². The van der Waals surface area contributed by atoms with Crippen molar-refractivity contribution in [2.45, 2.75) is 12.5 Å². The first-order valence-corrected chi connectivity index (χ1v) is 8.09. The van der Waals surface area contributed by atoms with Crippen molar-refractivity contribution in [1.29, 1.82) is 0 Å². The van der Waals surface area contributed by atoms with Gasteiger partial charge >= 0.3 is 0 Å². The van der Waals surface area contributed by atoms with Crippen LogP contribution in [0.4, 0.5) is 4.39 Å². The summed E-state index contributed by atoms with van der Waals surface area (Å²) in [5.41, 5.74) is 5.40. The van der Waals surface area contributed by atoms with Gasteiger partial charge in [-0.2, -0.15) is 0 Å². The van der Waals surface area contributed by atoms with Crippen molar-refractivity contribution in [3.63, 3.8) is 0 Å². The van der Waals surface area contributed by atoms with E-state index in [9.17, 15) is 14.0 Å². The van der Waals surface area contributed by atoms with Gasteiger partial charge in [0, 0.05) is 39.8 Å². The number of halogens is 3. The minimum atomic E-state index is -0.642. The van der Waals surface area contributed by atoms with E-state index in [-0.39, 0.29) is 48.0 Å². The van der Waals surface area contributed by atoms with Crippen molar-refractivity contribution in [1.82, 2.24) is 9.80 Å². The van der Waals surface area contributed by atoms with Crippen LogP contribution in [0.1, 0.15) is 16.8 Å². The van der Waals surface area contributed by atoms with E-state index in [4.69, 9.17) is 22.1 Å². The van der Waals surface area contributed by atoms with Crippen LogP contribution in [0.25, 0.3) is 0 Å². The highest BCUT2D eigenvalue weighted by molar-refractivity contribution is 6.33. The monoisotopic (exact) mass is 393 g/mol. The molecule has 25 heavy (non-hydrogen) atoms. The summed E-state index contributed by atoms with van der Waals surface area (Å²) >= 11 is 5.93. The number of rotatable bonds is 5. The SMILES string of the molecule is COC(CN)CC(=O)N1CCN(C(=O)c2c(F)cccc2Cl)CC1.Cl. The van der Waals surface area contributed by atoms with Gasteiger partial charge in [0.05, 0.1) is 23.1 Å². The maximum atomic E-state index is 13.9. The normalized spacial score (nSPS) is 15.5. The predicted octanol–water partition coefficient (Wildman–Crippen LogP) is 1.55. The molecule has 2 amide bonds. The summed E-state index contributed by atoms with van der Waals surface area (Å²) in [6, 6.07) is 4.14. The number of hydrogen-bond acceptors (Lipinski definition) is 4. The Balaban J connectivity index is 0.00000312. The zero-order valence-electron chi connectivity index (χ0n) is 13.9. The highest BCUT2D eigenvalue weighted by Gasteiger charge is 2.28. The number of carbonyl (C=O) groups excluding carboxylic acids is 2. The second kappa shape index (κ2) is 9.91. The lowest BCUT2D eigenvalue weighted by molar-refractivity contribution is -0.135. The number of benzene rings is 1. The van der Waals surface area contributed by atoms with Crippen molar-refractivity contribution < 1.29 is 18.7 Å². The van der Waals surface area contributed by atoms with Crippen LogP contribution in [-0.2, 0) is 9.53 Å². The lowest BCUT2D eigenvalue weighted by Gasteiger charge is -2.35. The van der Waals surface area contributed by atoms with Crippen molar-refractivity contribution in [2.75, 3.05) is 39.8 Å². The smallest absolute Gasteiger partial charge is 0.258 e. The van der Waals surface area contributed by atoms with E-state index in [1.807, 2.05) is 0 Å². The second-order valence-corrected chi connectivity index (χ2v) is 5.97. The molecule has 1 saturated heterocycles. The average Bonchev–Trinajstić information content (AvgIpc) is 2.59. The first-order valence-electron chi connectivity index (χ1n) is 7.71. The van der Waals surface area contributed by atoms with Gasteiger partial charge in [0.25, 0.3) is 5.91 Å². The fourth-order valence-electron chi connectivity index (χ4n) is 2.61. The van der Waals surface area contributed by atoms with Gasteiger partial charge in [-0.3, -0.25) is 9.59 Å². The Morgan fingerprint density at radius 3 is 2.40 bits per heavy atom.